The Kier molecular flexibility index (Phi) is 4.76. The van der Waals surface area contributed by atoms with E-state index in [1.165, 1.54) is 0 Å². The third-order valence-corrected chi connectivity index (χ3v) is 3.88. The van der Waals surface area contributed by atoms with Gasteiger partial charge in [0, 0.05) is 32.5 Å². The van der Waals surface area contributed by atoms with Crippen LogP contribution in [0.15, 0.2) is 0 Å². The van der Waals surface area contributed by atoms with Crippen molar-refractivity contribution in [2.24, 2.45) is 0 Å². The highest BCUT2D eigenvalue weighted by Gasteiger charge is 2.36. The van der Waals surface area contributed by atoms with E-state index in [1.54, 1.807) is 6.92 Å². The van der Waals surface area contributed by atoms with E-state index in [0.29, 0.717) is 6.42 Å². The third-order valence-electron chi connectivity index (χ3n) is 3.88. The van der Waals surface area contributed by atoms with E-state index in [2.05, 4.69) is 20.9 Å². The fraction of sp³-hybridized carbons (Fsp3) is 0.846. The summed E-state index contributed by atoms with van der Waals surface area (Å²) in [6.45, 7) is 6.17. The summed E-state index contributed by atoms with van der Waals surface area (Å²) in [4.78, 5) is 24.9. The zero-order valence-corrected chi connectivity index (χ0v) is 11.7. The molecule has 3 unspecified atom stereocenters. The topological polar surface area (TPSA) is 73.5 Å². The van der Waals surface area contributed by atoms with Crippen LogP contribution >= 0.6 is 0 Å². The Morgan fingerprint density at radius 1 is 1.32 bits per heavy atom. The second-order valence-corrected chi connectivity index (χ2v) is 5.40. The molecule has 0 radical (unpaired) electrons. The van der Waals surface area contributed by atoms with E-state index < -0.39 is 0 Å². The molecule has 0 bridgehead atoms. The minimum absolute atomic E-state index is 0.0297. The Morgan fingerprint density at radius 2 is 2.11 bits per heavy atom. The number of nitrogens with one attached hydrogen (secondary N) is 3. The first-order valence-electron chi connectivity index (χ1n) is 7.14. The fourth-order valence-corrected chi connectivity index (χ4v) is 2.98. The summed E-state index contributed by atoms with van der Waals surface area (Å²) in [5, 5.41) is 9.50. The van der Waals surface area contributed by atoms with Crippen LogP contribution in [0.5, 0.6) is 0 Å². The molecule has 2 fully saturated rings. The molecule has 3 N–H and O–H groups in total. The van der Waals surface area contributed by atoms with Crippen LogP contribution in [0.2, 0.25) is 0 Å². The molecule has 2 aliphatic heterocycles. The second kappa shape index (κ2) is 6.34. The third kappa shape index (κ3) is 3.67. The molecule has 2 rings (SSSR count). The summed E-state index contributed by atoms with van der Waals surface area (Å²) in [7, 11) is 0. The van der Waals surface area contributed by atoms with E-state index >= 15 is 0 Å². The molecule has 0 saturated carbocycles. The van der Waals surface area contributed by atoms with Gasteiger partial charge in [0.2, 0.25) is 11.8 Å². The van der Waals surface area contributed by atoms with E-state index in [-0.39, 0.29) is 30.1 Å². The molecular formula is C13H24N4O2. The number of rotatable bonds is 4. The first-order valence-corrected chi connectivity index (χ1v) is 7.14. The fourth-order valence-electron chi connectivity index (χ4n) is 2.98. The molecule has 2 saturated heterocycles. The lowest BCUT2D eigenvalue weighted by atomic mass is 10.2. The van der Waals surface area contributed by atoms with E-state index in [0.717, 1.165) is 32.5 Å². The van der Waals surface area contributed by atoms with Crippen LogP contribution in [0, 0.1) is 0 Å². The molecule has 2 amide bonds. The van der Waals surface area contributed by atoms with E-state index in [1.807, 2.05) is 6.92 Å². The van der Waals surface area contributed by atoms with Crippen molar-refractivity contribution in [3.05, 3.63) is 0 Å². The van der Waals surface area contributed by atoms with Crippen LogP contribution in [-0.4, -0.2) is 54.6 Å². The Balaban J connectivity index is 1.87. The molecule has 0 spiro atoms. The lowest BCUT2D eigenvalue weighted by molar-refractivity contribution is -0.122. The van der Waals surface area contributed by atoms with Crippen molar-refractivity contribution in [3.8, 4) is 0 Å². The van der Waals surface area contributed by atoms with Crippen molar-refractivity contribution in [3.63, 3.8) is 0 Å². The maximum atomic E-state index is 11.5. The number of hydrogen-bond acceptors (Lipinski definition) is 4. The maximum Gasteiger partial charge on any atom is 0.220 e. The standard InChI is InChI=1S/C13H24N4O2/c1-3-12(19)16-11-4-6-14-13(11)17-7-5-10(8-17)15-9(2)18/h10-11,13-14H,3-8H2,1-2H3,(H,15,18)(H,16,19). The minimum Gasteiger partial charge on any atom is -0.352 e. The van der Waals surface area contributed by atoms with Gasteiger partial charge < -0.3 is 10.6 Å². The molecule has 0 aromatic rings. The lowest BCUT2D eigenvalue weighted by Crippen LogP contribution is -2.53. The average Bonchev–Trinajstić information content (AvgIpc) is 2.97. The summed E-state index contributed by atoms with van der Waals surface area (Å²) in [6, 6.07) is 0.422. The Morgan fingerprint density at radius 3 is 2.79 bits per heavy atom. The Hall–Kier alpha value is -1.14. The molecule has 19 heavy (non-hydrogen) atoms. The van der Waals surface area contributed by atoms with Crippen LogP contribution in [0.1, 0.15) is 33.1 Å². The van der Waals surface area contributed by atoms with Crippen LogP contribution in [-0.2, 0) is 9.59 Å². The lowest BCUT2D eigenvalue weighted by Gasteiger charge is -2.29. The monoisotopic (exact) mass is 268 g/mol. The summed E-state index contributed by atoms with van der Waals surface area (Å²) >= 11 is 0. The maximum absolute atomic E-state index is 11.5. The number of carbonyl (C=O) groups is 2. The first kappa shape index (κ1) is 14.3. The normalized spacial score (nSPS) is 31.4. The van der Waals surface area contributed by atoms with Crippen molar-refractivity contribution in [2.45, 2.75) is 51.4 Å². The molecule has 3 atom stereocenters. The van der Waals surface area contributed by atoms with Gasteiger partial charge in [0.1, 0.15) is 0 Å². The van der Waals surface area contributed by atoms with Gasteiger partial charge in [-0.2, -0.15) is 0 Å². The van der Waals surface area contributed by atoms with Crippen LogP contribution in [0.25, 0.3) is 0 Å². The van der Waals surface area contributed by atoms with Gasteiger partial charge in [0.05, 0.1) is 12.2 Å². The molecule has 6 nitrogen and oxygen atoms in total. The number of hydrogen-bond donors (Lipinski definition) is 3. The predicted molar refractivity (Wildman–Crippen MR) is 72.4 cm³/mol. The predicted octanol–water partition coefficient (Wildman–Crippen LogP) is -0.589. The zero-order chi connectivity index (χ0) is 13.8. The van der Waals surface area contributed by atoms with Crippen LogP contribution in [0.4, 0.5) is 0 Å². The highest BCUT2D eigenvalue weighted by Crippen LogP contribution is 2.18. The zero-order valence-electron chi connectivity index (χ0n) is 11.7. The molecule has 0 aliphatic carbocycles. The highest BCUT2D eigenvalue weighted by atomic mass is 16.2. The summed E-state index contributed by atoms with van der Waals surface area (Å²) < 4.78 is 0. The minimum atomic E-state index is 0.0297. The van der Waals surface area contributed by atoms with Gasteiger partial charge in [-0.3, -0.25) is 19.8 Å². The van der Waals surface area contributed by atoms with Crippen molar-refractivity contribution < 1.29 is 9.59 Å². The summed E-state index contributed by atoms with van der Waals surface area (Å²) in [5.41, 5.74) is 0. The van der Waals surface area contributed by atoms with Gasteiger partial charge in [-0.1, -0.05) is 6.92 Å². The molecule has 6 heteroatoms. The molecule has 0 aromatic heterocycles. The summed E-state index contributed by atoms with van der Waals surface area (Å²) in [6.07, 6.45) is 2.68. The van der Waals surface area contributed by atoms with Crippen molar-refractivity contribution in [1.82, 2.24) is 20.9 Å². The van der Waals surface area contributed by atoms with E-state index in [9.17, 15) is 9.59 Å². The smallest absolute Gasteiger partial charge is 0.220 e. The molecule has 0 aromatic carbocycles. The first-order chi connectivity index (χ1) is 9.10. The number of carbonyl (C=O) groups excluding carboxylic acids is 2. The molecule has 108 valence electrons. The number of amides is 2. The average molecular weight is 268 g/mol. The van der Waals surface area contributed by atoms with Gasteiger partial charge in [-0.25, -0.2) is 0 Å². The van der Waals surface area contributed by atoms with Crippen molar-refractivity contribution in [2.75, 3.05) is 19.6 Å². The van der Waals surface area contributed by atoms with E-state index in [4.69, 9.17) is 0 Å². The van der Waals surface area contributed by atoms with Gasteiger partial charge in [-0.15, -0.1) is 0 Å². The Labute approximate surface area is 114 Å². The molecule has 2 aliphatic rings. The van der Waals surface area contributed by atoms with Crippen molar-refractivity contribution in [1.29, 1.82) is 0 Å². The van der Waals surface area contributed by atoms with Gasteiger partial charge >= 0.3 is 0 Å². The van der Waals surface area contributed by atoms with Crippen LogP contribution in [0.3, 0.4) is 0 Å². The largest absolute Gasteiger partial charge is 0.352 e. The Bertz CT molecular complexity index is 348. The number of nitrogens with zero attached hydrogens (tertiary/aromatic N) is 1. The number of likely N-dealkylation sites (tertiary alicyclic amines) is 1. The molecular weight excluding hydrogens is 244 g/mol. The van der Waals surface area contributed by atoms with Gasteiger partial charge in [-0.05, 0) is 19.4 Å². The molecule has 2 heterocycles. The van der Waals surface area contributed by atoms with Gasteiger partial charge in [0.25, 0.3) is 0 Å². The van der Waals surface area contributed by atoms with Crippen molar-refractivity contribution >= 4 is 11.8 Å². The second-order valence-electron chi connectivity index (χ2n) is 5.40. The highest BCUT2D eigenvalue weighted by molar-refractivity contribution is 5.76. The van der Waals surface area contributed by atoms with Gasteiger partial charge in [0.15, 0.2) is 0 Å². The SMILES string of the molecule is CCC(=O)NC1CCNC1N1CCC(NC(C)=O)C1. The van der Waals surface area contributed by atoms with Crippen LogP contribution < -0.4 is 16.0 Å². The summed E-state index contributed by atoms with van der Waals surface area (Å²) in [5.74, 6) is 0.137. The quantitative estimate of drug-likeness (QED) is 0.637.